The van der Waals surface area contributed by atoms with Crippen LogP contribution in [0.5, 0.6) is 5.75 Å². The summed E-state index contributed by atoms with van der Waals surface area (Å²) in [7, 11) is -3.57. The van der Waals surface area contributed by atoms with Gasteiger partial charge < -0.3 is 19.5 Å². The molecule has 0 spiro atoms. The minimum absolute atomic E-state index is 0.264. The van der Waals surface area contributed by atoms with E-state index in [1.165, 1.54) is 0 Å². The Bertz CT molecular complexity index is 868. The van der Waals surface area contributed by atoms with Gasteiger partial charge in [0.2, 0.25) is 0 Å². The largest absolute Gasteiger partial charge is 0.507 e. The normalized spacial score (nSPS) is 13.8. The van der Waals surface area contributed by atoms with Crippen LogP contribution in [0.25, 0.3) is 0 Å². The Kier molecular flexibility index (Phi) is 8.02. The lowest BCUT2D eigenvalue weighted by atomic mass is 9.78. The highest BCUT2D eigenvalue weighted by molar-refractivity contribution is 7.54. The molecule has 0 amide bonds. The maximum absolute atomic E-state index is 14.0. The van der Waals surface area contributed by atoms with E-state index < -0.39 is 13.4 Å². The Morgan fingerprint density at radius 1 is 0.903 bits per heavy atom. The third kappa shape index (κ3) is 6.12. The molecule has 0 aliphatic heterocycles. The molecule has 0 radical (unpaired) electrons. The van der Waals surface area contributed by atoms with Crippen LogP contribution in [0, 0.1) is 0 Å². The first-order chi connectivity index (χ1) is 14.3. The van der Waals surface area contributed by atoms with Crippen molar-refractivity contribution in [2.75, 3.05) is 18.5 Å². The fourth-order valence-corrected chi connectivity index (χ4v) is 5.46. The monoisotopic (exact) mass is 447 g/mol. The van der Waals surface area contributed by atoms with Gasteiger partial charge in [0.1, 0.15) is 5.75 Å². The van der Waals surface area contributed by atoms with E-state index in [1.807, 2.05) is 56.3 Å². The highest BCUT2D eigenvalue weighted by Crippen LogP contribution is 2.61. The fraction of sp³-hybridized carbons (Fsp3) is 0.520. The van der Waals surface area contributed by atoms with E-state index in [4.69, 9.17) is 9.05 Å². The second-order valence-electron chi connectivity index (χ2n) is 9.75. The highest BCUT2D eigenvalue weighted by Gasteiger charge is 2.39. The quantitative estimate of drug-likeness (QED) is 0.414. The molecule has 0 heterocycles. The number of para-hydroxylation sites is 1. The van der Waals surface area contributed by atoms with Crippen LogP contribution in [-0.4, -0.2) is 18.3 Å². The molecule has 0 aliphatic carbocycles. The summed E-state index contributed by atoms with van der Waals surface area (Å²) < 4.78 is 25.5. The molecule has 2 N–H and O–H groups in total. The molecule has 0 unspecified atom stereocenters. The van der Waals surface area contributed by atoms with Gasteiger partial charge in [-0.25, -0.2) is 0 Å². The number of phenols is 1. The summed E-state index contributed by atoms with van der Waals surface area (Å²) in [6.07, 6.45) is 0. The molecule has 0 saturated heterocycles. The molecule has 2 rings (SSSR count). The van der Waals surface area contributed by atoms with E-state index in [0.29, 0.717) is 0 Å². The molecule has 6 heteroatoms. The van der Waals surface area contributed by atoms with Crippen molar-refractivity contribution in [3.63, 3.8) is 0 Å². The molecule has 172 valence electrons. The van der Waals surface area contributed by atoms with Crippen LogP contribution in [0.2, 0.25) is 0 Å². The molecule has 0 aromatic heterocycles. The van der Waals surface area contributed by atoms with E-state index in [-0.39, 0.29) is 29.8 Å². The number of rotatable bonds is 8. The molecule has 31 heavy (non-hydrogen) atoms. The first kappa shape index (κ1) is 25.5. The van der Waals surface area contributed by atoms with E-state index >= 15 is 0 Å². The molecule has 0 bridgehead atoms. The highest BCUT2D eigenvalue weighted by atomic mass is 31.2. The second kappa shape index (κ2) is 9.77. The summed E-state index contributed by atoms with van der Waals surface area (Å²) in [6.45, 7) is 16.5. The fourth-order valence-electron chi connectivity index (χ4n) is 3.54. The van der Waals surface area contributed by atoms with Crippen molar-refractivity contribution < 1.29 is 18.7 Å². The van der Waals surface area contributed by atoms with Crippen molar-refractivity contribution in [2.24, 2.45) is 0 Å². The lowest BCUT2D eigenvalue weighted by Crippen LogP contribution is -2.21. The maximum Gasteiger partial charge on any atom is 0.357 e. The van der Waals surface area contributed by atoms with E-state index in [9.17, 15) is 9.67 Å². The number of benzene rings is 2. The SMILES string of the molecule is CCOP(=O)(OCC)[C@@H](Nc1ccccc1)c1cc(C(C)(C)C)c(O)c(C(C)(C)C)c1. The van der Waals surface area contributed by atoms with Crippen LogP contribution in [0.1, 0.15) is 77.9 Å². The van der Waals surface area contributed by atoms with Gasteiger partial charge in [0.25, 0.3) is 0 Å². The number of phenolic OH excluding ortho intramolecular Hbond substituents is 1. The number of nitrogens with one attached hydrogen (secondary N) is 1. The number of anilines is 1. The first-order valence-electron chi connectivity index (χ1n) is 10.9. The zero-order chi connectivity index (χ0) is 23.4. The Morgan fingerprint density at radius 3 is 1.74 bits per heavy atom. The molecule has 2 aromatic rings. The van der Waals surface area contributed by atoms with Crippen molar-refractivity contribution in [3.05, 3.63) is 59.2 Å². The Morgan fingerprint density at radius 2 is 1.35 bits per heavy atom. The zero-order valence-corrected chi connectivity index (χ0v) is 21.0. The number of hydrogen-bond donors (Lipinski definition) is 2. The number of aromatic hydroxyl groups is 1. The maximum atomic E-state index is 14.0. The van der Waals surface area contributed by atoms with Gasteiger partial charge in [-0.05, 0) is 65.6 Å². The van der Waals surface area contributed by atoms with Gasteiger partial charge in [-0.1, -0.05) is 59.7 Å². The van der Waals surface area contributed by atoms with Crippen molar-refractivity contribution in [3.8, 4) is 5.75 Å². The van der Waals surface area contributed by atoms with Crippen molar-refractivity contribution in [1.29, 1.82) is 0 Å². The summed E-state index contributed by atoms with van der Waals surface area (Å²) in [4.78, 5) is 0. The molecular formula is C25H38NO4P. The average molecular weight is 448 g/mol. The van der Waals surface area contributed by atoms with Gasteiger partial charge >= 0.3 is 7.60 Å². The minimum Gasteiger partial charge on any atom is -0.507 e. The summed E-state index contributed by atoms with van der Waals surface area (Å²) >= 11 is 0. The summed E-state index contributed by atoms with van der Waals surface area (Å²) in [5, 5.41) is 14.5. The molecule has 5 nitrogen and oxygen atoms in total. The van der Waals surface area contributed by atoms with E-state index in [2.05, 4.69) is 46.9 Å². The Labute approximate surface area is 187 Å². The Hall–Kier alpha value is -1.81. The van der Waals surface area contributed by atoms with Crippen LogP contribution >= 0.6 is 7.60 Å². The molecule has 0 fully saturated rings. The molecular weight excluding hydrogens is 409 g/mol. The predicted molar refractivity (Wildman–Crippen MR) is 129 cm³/mol. The van der Waals surface area contributed by atoms with Gasteiger partial charge in [-0.2, -0.15) is 0 Å². The molecule has 1 atom stereocenters. The van der Waals surface area contributed by atoms with Gasteiger partial charge in [-0.15, -0.1) is 0 Å². The summed E-state index contributed by atoms with van der Waals surface area (Å²) in [5.74, 6) is -0.442. The lowest BCUT2D eigenvalue weighted by molar-refractivity contribution is 0.214. The van der Waals surface area contributed by atoms with Crippen LogP contribution in [-0.2, 0) is 24.4 Å². The topological polar surface area (TPSA) is 67.8 Å². The third-order valence-electron chi connectivity index (χ3n) is 5.08. The minimum atomic E-state index is -3.57. The lowest BCUT2D eigenvalue weighted by Gasteiger charge is -2.32. The molecule has 0 saturated carbocycles. The van der Waals surface area contributed by atoms with E-state index in [1.54, 1.807) is 0 Å². The van der Waals surface area contributed by atoms with Crippen molar-refractivity contribution in [1.82, 2.24) is 0 Å². The van der Waals surface area contributed by atoms with Crippen LogP contribution < -0.4 is 5.32 Å². The van der Waals surface area contributed by atoms with Crippen LogP contribution in [0.4, 0.5) is 5.69 Å². The first-order valence-corrected chi connectivity index (χ1v) is 12.5. The van der Waals surface area contributed by atoms with Crippen molar-refractivity contribution >= 4 is 13.3 Å². The van der Waals surface area contributed by atoms with Crippen LogP contribution in [0.3, 0.4) is 0 Å². The zero-order valence-electron chi connectivity index (χ0n) is 20.2. The van der Waals surface area contributed by atoms with Gasteiger partial charge in [0.15, 0.2) is 5.78 Å². The average Bonchev–Trinajstić information content (AvgIpc) is 2.66. The molecule has 2 aromatic carbocycles. The van der Waals surface area contributed by atoms with E-state index in [0.717, 1.165) is 22.4 Å². The Balaban J connectivity index is 2.79. The van der Waals surface area contributed by atoms with Crippen molar-refractivity contribution in [2.45, 2.75) is 72.0 Å². The second-order valence-corrected chi connectivity index (χ2v) is 11.9. The smallest absolute Gasteiger partial charge is 0.357 e. The van der Waals surface area contributed by atoms with Gasteiger partial charge in [-0.3, -0.25) is 4.57 Å². The predicted octanol–water partition coefficient (Wildman–Crippen LogP) is 7.36. The summed E-state index contributed by atoms with van der Waals surface area (Å²) in [6, 6.07) is 13.5. The van der Waals surface area contributed by atoms with Crippen LogP contribution in [0.15, 0.2) is 42.5 Å². The molecule has 0 aliphatic rings. The van der Waals surface area contributed by atoms with Gasteiger partial charge in [0.05, 0.1) is 13.2 Å². The standard InChI is InChI=1S/C25H38NO4P/c1-9-29-31(28,30-10-2)23(26-19-14-12-11-13-15-19)18-16-20(24(3,4)5)22(27)21(17-18)25(6,7)8/h11-17,23,26-27H,9-10H2,1-8H3/t23-/m1/s1. The summed E-state index contributed by atoms with van der Waals surface area (Å²) in [5.41, 5.74) is 2.57. The third-order valence-corrected chi connectivity index (χ3v) is 7.37. The number of hydrogen-bond acceptors (Lipinski definition) is 5. The van der Waals surface area contributed by atoms with Gasteiger partial charge in [0, 0.05) is 5.69 Å².